The summed E-state index contributed by atoms with van der Waals surface area (Å²) in [7, 11) is 0. The number of unbranched alkanes of at least 4 members (excludes halogenated alkanes) is 1. The van der Waals surface area contributed by atoms with Crippen LogP contribution in [0.3, 0.4) is 0 Å². The molecule has 0 spiro atoms. The highest BCUT2D eigenvalue weighted by Crippen LogP contribution is 2.42. The number of Topliss-reactive ketones (excluding diaryl/α,β-unsaturated/α-hetero) is 1. The Morgan fingerprint density at radius 2 is 1.94 bits per heavy atom. The molecule has 2 rings (SSSR count). The molecule has 1 aliphatic carbocycles. The van der Waals surface area contributed by atoms with Crippen LogP contribution >= 0.6 is 0 Å². The number of rotatable bonds is 5. The molecule has 0 aromatic heterocycles. The molecule has 2 aliphatic rings. The van der Waals surface area contributed by atoms with Crippen LogP contribution in [0.25, 0.3) is 0 Å². The zero-order valence-corrected chi connectivity index (χ0v) is 12.0. The molecule has 4 atom stereocenters. The van der Waals surface area contributed by atoms with Crippen molar-refractivity contribution in [3.8, 4) is 0 Å². The molecule has 1 heterocycles. The van der Waals surface area contributed by atoms with Crippen molar-refractivity contribution in [3.63, 3.8) is 0 Å². The summed E-state index contributed by atoms with van der Waals surface area (Å²) >= 11 is 0. The third-order valence-electron chi connectivity index (χ3n) is 4.77. The summed E-state index contributed by atoms with van der Waals surface area (Å²) in [5.74, 6) is 1.23. The molecule has 1 saturated carbocycles. The summed E-state index contributed by atoms with van der Waals surface area (Å²) in [6.45, 7) is 4.32. The van der Waals surface area contributed by atoms with Crippen molar-refractivity contribution in [2.45, 2.75) is 83.8 Å². The summed E-state index contributed by atoms with van der Waals surface area (Å²) in [6, 6.07) is 0. The Kier molecular flexibility index (Phi) is 5.23. The minimum atomic E-state index is 0.211. The van der Waals surface area contributed by atoms with Gasteiger partial charge in [0.15, 0.2) is 0 Å². The van der Waals surface area contributed by atoms with Crippen molar-refractivity contribution < 1.29 is 9.53 Å². The first kappa shape index (κ1) is 14.0. The Morgan fingerprint density at radius 1 is 1.17 bits per heavy atom. The second-order valence-electron chi connectivity index (χ2n) is 6.02. The Hall–Kier alpha value is -0.370. The molecule has 0 N–H and O–H groups in total. The van der Waals surface area contributed by atoms with Crippen LogP contribution < -0.4 is 0 Å². The Labute approximate surface area is 111 Å². The molecule has 18 heavy (non-hydrogen) atoms. The van der Waals surface area contributed by atoms with Crippen LogP contribution in [0.5, 0.6) is 0 Å². The van der Waals surface area contributed by atoms with Crippen LogP contribution in [0.1, 0.15) is 71.6 Å². The van der Waals surface area contributed by atoms with E-state index in [2.05, 4.69) is 13.8 Å². The second kappa shape index (κ2) is 6.70. The van der Waals surface area contributed by atoms with Gasteiger partial charge in [-0.15, -0.1) is 0 Å². The van der Waals surface area contributed by atoms with E-state index in [1.165, 1.54) is 32.1 Å². The van der Waals surface area contributed by atoms with Crippen molar-refractivity contribution in [1.82, 2.24) is 0 Å². The minimum absolute atomic E-state index is 0.211. The maximum absolute atomic E-state index is 12.5. The van der Waals surface area contributed by atoms with Gasteiger partial charge in [0.05, 0.1) is 12.2 Å². The highest BCUT2D eigenvalue weighted by Gasteiger charge is 2.46. The number of ketones is 1. The molecule has 0 aromatic rings. The van der Waals surface area contributed by atoms with E-state index in [1.807, 2.05) is 0 Å². The standard InChI is InChI=1S/C16H28O2/c1-3-5-10-13(17)16-12-9-7-6-8-11-15(12)18-14(16)4-2/h12,14-16H,3-11H2,1-2H3/t12-,14+,15+,16-/m0/s1. The van der Waals surface area contributed by atoms with E-state index >= 15 is 0 Å². The minimum Gasteiger partial charge on any atom is -0.374 e. The molecular formula is C16H28O2. The van der Waals surface area contributed by atoms with E-state index in [1.54, 1.807) is 0 Å². The monoisotopic (exact) mass is 252 g/mol. The molecule has 2 heteroatoms. The SMILES string of the molecule is CCCCC(=O)[C@@H]1[C@H]2CCCCC[C@H]2O[C@@H]1CC. The first-order chi connectivity index (χ1) is 8.77. The van der Waals surface area contributed by atoms with Gasteiger partial charge in [0.2, 0.25) is 0 Å². The van der Waals surface area contributed by atoms with Crippen LogP contribution in [-0.4, -0.2) is 18.0 Å². The van der Waals surface area contributed by atoms with Gasteiger partial charge < -0.3 is 4.74 Å². The molecule has 104 valence electrons. The fourth-order valence-corrected chi connectivity index (χ4v) is 3.78. The average Bonchev–Trinajstić information content (AvgIpc) is 2.58. The molecule has 1 aliphatic heterocycles. The van der Waals surface area contributed by atoms with Gasteiger partial charge in [-0.05, 0) is 31.6 Å². The van der Waals surface area contributed by atoms with E-state index in [4.69, 9.17) is 4.74 Å². The number of ether oxygens (including phenoxy) is 1. The van der Waals surface area contributed by atoms with E-state index in [9.17, 15) is 4.79 Å². The lowest BCUT2D eigenvalue weighted by Crippen LogP contribution is -2.29. The summed E-state index contributed by atoms with van der Waals surface area (Å²) < 4.78 is 6.19. The quantitative estimate of drug-likeness (QED) is 0.735. The summed E-state index contributed by atoms with van der Waals surface area (Å²) in [5, 5.41) is 0. The van der Waals surface area contributed by atoms with Crippen molar-refractivity contribution in [3.05, 3.63) is 0 Å². The Bertz CT molecular complexity index is 274. The molecule has 1 saturated heterocycles. The molecule has 0 unspecified atom stereocenters. The van der Waals surface area contributed by atoms with E-state index in [0.717, 1.165) is 25.7 Å². The largest absolute Gasteiger partial charge is 0.374 e. The zero-order valence-electron chi connectivity index (χ0n) is 12.0. The van der Waals surface area contributed by atoms with Gasteiger partial charge in [-0.25, -0.2) is 0 Å². The van der Waals surface area contributed by atoms with Gasteiger partial charge in [0.25, 0.3) is 0 Å². The van der Waals surface area contributed by atoms with Gasteiger partial charge in [0.1, 0.15) is 5.78 Å². The summed E-state index contributed by atoms with van der Waals surface area (Å²) in [5.41, 5.74) is 0. The van der Waals surface area contributed by atoms with E-state index in [0.29, 0.717) is 17.8 Å². The van der Waals surface area contributed by atoms with Gasteiger partial charge in [-0.1, -0.05) is 39.5 Å². The predicted octanol–water partition coefficient (Wildman–Crippen LogP) is 4.12. The van der Waals surface area contributed by atoms with E-state index < -0.39 is 0 Å². The third-order valence-corrected chi connectivity index (χ3v) is 4.77. The number of hydrogen-bond donors (Lipinski definition) is 0. The van der Waals surface area contributed by atoms with Crippen LogP contribution in [0, 0.1) is 11.8 Å². The van der Waals surface area contributed by atoms with Crippen molar-refractivity contribution in [2.24, 2.45) is 11.8 Å². The maximum atomic E-state index is 12.5. The molecule has 0 bridgehead atoms. The zero-order chi connectivity index (χ0) is 13.0. The Morgan fingerprint density at radius 3 is 2.67 bits per heavy atom. The van der Waals surface area contributed by atoms with Crippen LogP contribution in [0.2, 0.25) is 0 Å². The van der Waals surface area contributed by atoms with Crippen LogP contribution in [0.4, 0.5) is 0 Å². The second-order valence-corrected chi connectivity index (χ2v) is 6.02. The highest BCUT2D eigenvalue weighted by molar-refractivity contribution is 5.82. The average molecular weight is 252 g/mol. The summed E-state index contributed by atoms with van der Waals surface area (Å²) in [6.07, 6.45) is 10.8. The lowest BCUT2D eigenvalue weighted by Gasteiger charge is -2.21. The molecule has 0 amide bonds. The van der Waals surface area contributed by atoms with Gasteiger partial charge >= 0.3 is 0 Å². The molecule has 0 radical (unpaired) electrons. The number of hydrogen-bond acceptors (Lipinski definition) is 2. The number of fused-ring (bicyclic) bond motifs is 1. The fourth-order valence-electron chi connectivity index (χ4n) is 3.78. The molecular weight excluding hydrogens is 224 g/mol. The lowest BCUT2D eigenvalue weighted by molar-refractivity contribution is -0.125. The highest BCUT2D eigenvalue weighted by atomic mass is 16.5. The lowest BCUT2D eigenvalue weighted by atomic mass is 9.79. The summed E-state index contributed by atoms with van der Waals surface area (Å²) in [4.78, 5) is 12.5. The number of carbonyl (C=O) groups is 1. The Balaban J connectivity index is 2.05. The van der Waals surface area contributed by atoms with Gasteiger partial charge in [0, 0.05) is 12.3 Å². The van der Waals surface area contributed by atoms with Crippen LogP contribution in [0.15, 0.2) is 0 Å². The maximum Gasteiger partial charge on any atom is 0.138 e. The molecule has 2 fully saturated rings. The normalized spacial score (nSPS) is 36.1. The molecule has 2 nitrogen and oxygen atoms in total. The third kappa shape index (κ3) is 2.96. The first-order valence-electron chi connectivity index (χ1n) is 7.96. The first-order valence-corrected chi connectivity index (χ1v) is 7.96. The van der Waals surface area contributed by atoms with Crippen molar-refractivity contribution in [2.75, 3.05) is 0 Å². The fraction of sp³-hybridized carbons (Fsp3) is 0.938. The predicted molar refractivity (Wildman–Crippen MR) is 73.5 cm³/mol. The van der Waals surface area contributed by atoms with Gasteiger partial charge in [-0.2, -0.15) is 0 Å². The van der Waals surface area contributed by atoms with Crippen molar-refractivity contribution in [1.29, 1.82) is 0 Å². The van der Waals surface area contributed by atoms with Gasteiger partial charge in [-0.3, -0.25) is 4.79 Å². The van der Waals surface area contributed by atoms with Crippen LogP contribution in [-0.2, 0) is 9.53 Å². The van der Waals surface area contributed by atoms with Crippen molar-refractivity contribution >= 4 is 5.78 Å². The smallest absolute Gasteiger partial charge is 0.138 e. The molecule has 0 aromatic carbocycles. The van der Waals surface area contributed by atoms with E-state index in [-0.39, 0.29) is 12.0 Å². The topological polar surface area (TPSA) is 26.3 Å². The number of carbonyl (C=O) groups excluding carboxylic acids is 1.